The van der Waals surface area contributed by atoms with Crippen molar-refractivity contribution in [2.24, 2.45) is 0 Å². The van der Waals surface area contributed by atoms with E-state index in [0.29, 0.717) is 12.8 Å². The van der Waals surface area contributed by atoms with E-state index in [1.54, 1.807) is 6.07 Å². The molecule has 1 aromatic carbocycles. The first-order valence-electron chi connectivity index (χ1n) is 6.32. The molecule has 19 heavy (non-hydrogen) atoms. The minimum atomic E-state index is -0.577. The second-order valence-corrected chi connectivity index (χ2v) is 4.71. The zero-order chi connectivity index (χ0) is 13.8. The molecule has 0 saturated heterocycles. The van der Waals surface area contributed by atoms with E-state index in [0.717, 1.165) is 12.8 Å². The lowest BCUT2D eigenvalue weighted by atomic mass is 9.92. The Labute approximate surface area is 110 Å². The summed E-state index contributed by atoms with van der Waals surface area (Å²) in [4.78, 5) is 22.3. The number of nitro groups is 1. The number of amides is 1. The number of aliphatic hydroxyl groups is 1. The number of nitro benzene ring substituents is 1. The van der Waals surface area contributed by atoms with E-state index in [9.17, 15) is 20.0 Å². The van der Waals surface area contributed by atoms with E-state index in [-0.39, 0.29) is 17.3 Å². The molecule has 2 atom stereocenters. The van der Waals surface area contributed by atoms with Gasteiger partial charge in [0, 0.05) is 6.07 Å². The van der Waals surface area contributed by atoms with Crippen LogP contribution in [0.2, 0.25) is 0 Å². The molecule has 0 aromatic heterocycles. The van der Waals surface area contributed by atoms with Gasteiger partial charge in [-0.3, -0.25) is 14.9 Å². The lowest BCUT2D eigenvalue weighted by molar-refractivity contribution is -0.385. The highest BCUT2D eigenvalue weighted by molar-refractivity contribution is 5.98. The average molecular weight is 264 g/mol. The molecule has 0 heterocycles. The van der Waals surface area contributed by atoms with Gasteiger partial charge in [0.05, 0.1) is 17.1 Å². The first kappa shape index (κ1) is 13.5. The Hall–Kier alpha value is -1.95. The summed E-state index contributed by atoms with van der Waals surface area (Å²) in [5, 5.41) is 23.3. The Morgan fingerprint density at radius 3 is 2.68 bits per heavy atom. The number of aliphatic hydroxyl groups excluding tert-OH is 1. The fourth-order valence-corrected chi connectivity index (χ4v) is 2.35. The van der Waals surface area contributed by atoms with Crippen molar-refractivity contribution in [1.82, 2.24) is 5.32 Å². The zero-order valence-electron chi connectivity index (χ0n) is 10.4. The fraction of sp³-hybridized carbons (Fsp3) is 0.462. The molecule has 0 aliphatic heterocycles. The predicted octanol–water partition coefficient (Wildman–Crippen LogP) is 1.63. The SMILES string of the molecule is O=C(N[C@H]1CCCC[C@@H]1O)c1ccccc1[N+](=O)[O-]. The molecule has 102 valence electrons. The highest BCUT2D eigenvalue weighted by Crippen LogP contribution is 2.21. The summed E-state index contributed by atoms with van der Waals surface area (Å²) in [5.74, 6) is -0.502. The standard InChI is InChI=1S/C13H16N2O4/c16-12-8-4-2-6-10(12)14-13(17)9-5-1-3-7-11(9)15(18)19/h1,3,5,7,10,12,16H,2,4,6,8H2,(H,14,17)/t10-,12-/m0/s1. The van der Waals surface area contributed by atoms with Gasteiger partial charge in [-0.2, -0.15) is 0 Å². The molecule has 6 nitrogen and oxygen atoms in total. The Morgan fingerprint density at radius 1 is 1.32 bits per heavy atom. The van der Waals surface area contributed by atoms with E-state index in [2.05, 4.69) is 5.32 Å². The molecular formula is C13H16N2O4. The molecule has 1 amide bonds. The Balaban J connectivity index is 2.13. The van der Waals surface area contributed by atoms with Gasteiger partial charge in [-0.1, -0.05) is 25.0 Å². The molecule has 1 saturated carbocycles. The van der Waals surface area contributed by atoms with Gasteiger partial charge in [-0.25, -0.2) is 0 Å². The average Bonchev–Trinajstić information content (AvgIpc) is 2.41. The largest absolute Gasteiger partial charge is 0.391 e. The number of hydrogen-bond acceptors (Lipinski definition) is 4. The molecule has 1 aliphatic rings. The van der Waals surface area contributed by atoms with E-state index >= 15 is 0 Å². The normalized spacial score (nSPS) is 22.8. The van der Waals surface area contributed by atoms with Crippen LogP contribution in [0.1, 0.15) is 36.0 Å². The van der Waals surface area contributed by atoms with Crippen LogP contribution in [0.15, 0.2) is 24.3 Å². The van der Waals surface area contributed by atoms with Crippen molar-refractivity contribution in [3.05, 3.63) is 39.9 Å². The third-order valence-corrected chi connectivity index (χ3v) is 3.39. The number of carbonyl (C=O) groups excluding carboxylic acids is 1. The van der Waals surface area contributed by atoms with Crippen LogP contribution in [0.5, 0.6) is 0 Å². The van der Waals surface area contributed by atoms with Gasteiger partial charge in [-0.15, -0.1) is 0 Å². The summed E-state index contributed by atoms with van der Waals surface area (Å²) in [6.07, 6.45) is 2.67. The van der Waals surface area contributed by atoms with Crippen LogP contribution >= 0.6 is 0 Å². The summed E-state index contributed by atoms with van der Waals surface area (Å²) in [6.45, 7) is 0. The Morgan fingerprint density at radius 2 is 2.00 bits per heavy atom. The van der Waals surface area contributed by atoms with Crippen LogP contribution in [-0.4, -0.2) is 28.1 Å². The van der Waals surface area contributed by atoms with Gasteiger partial charge in [0.1, 0.15) is 5.56 Å². The van der Waals surface area contributed by atoms with E-state index in [1.165, 1.54) is 18.2 Å². The number of nitrogens with one attached hydrogen (secondary N) is 1. The second-order valence-electron chi connectivity index (χ2n) is 4.71. The smallest absolute Gasteiger partial charge is 0.282 e. The summed E-state index contributed by atoms with van der Waals surface area (Å²) in [5.41, 5.74) is -0.185. The van der Waals surface area contributed by atoms with Crippen molar-refractivity contribution in [1.29, 1.82) is 0 Å². The van der Waals surface area contributed by atoms with Crippen molar-refractivity contribution in [3.8, 4) is 0 Å². The van der Waals surface area contributed by atoms with Gasteiger partial charge in [0.25, 0.3) is 11.6 Å². The maximum Gasteiger partial charge on any atom is 0.282 e. The van der Waals surface area contributed by atoms with E-state index < -0.39 is 16.9 Å². The van der Waals surface area contributed by atoms with Gasteiger partial charge < -0.3 is 10.4 Å². The molecule has 6 heteroatoms. The molecule has 0 unspecified atom stereocenters. The van der Waals surface area contributed by atoms with Gasteiger partial charge in [0.15, 0.2) is 0 Å². The number of carbonyl (C=O) groups is 1. The molecule has 2 N–H and O–H groups in total. The molecule has 0 spiro atoms. The monoisotopic (exact) mass is 264 g/mol. The molecule has 0 bridgehead atoms. The summed E-state index contributed by atoms with van der Waals surface area (Å²) in [7, 11) is 0. The summed E-state index contributed by atoms with van der Waals surface area (Å²) in [6, 6.07) is 5.50. The number of rotatable bonds is 3. The van der Waals surface area contributed by atoms with Gasteiger partial charge in [-0.05, 0) is 18.9 Å². The highest BCUT2D eigenvalue weighted by Gasteiger charge is 2.27. The maximum absolute atomic E-state index is 12.1. The number of nitrogens with zero attached hydrogens (tertiary/aromatic N) is 1. The third-order valence-electron chi connectivity index (χ3n) is 3.39. The van der Waals surface area contributed by atoms with Crippen molar-refractivity contribution >= 4 is 11.6 Å². The summed E-state index contributed by atoms with van der Waals surface area (Å²) >= 11 is 0. The fourth-order valence-electron chi connectivity index (χ4n) is 2.35. The molecule has 1 aliphatic carbocycles. The van der Waals surface area contributed by atoms with Gasteiger partial charge >= 0.3 is 0 Å². The van der Waals surface area contributed by atoms with Crippen LogP contribution in [0.25, 0.3) is 0 Å². The molecule has 0 radical (unpaired) electrons. The second kappa shape index (κ2) is 5.79. The Kier molecular flexibility index (Phi) is 4.11. The first-order valence-corrected chi connectivity index (χ1v) is 6.32. The van der Waals surface area contributed by atoms with Crippen LogP contribution in [0.4, 0.5) is 5.69 Å². The van der Waals surface area contributed by atoms with Crippen LogP contribution in [0, 0.1) is 10.1 Å². The van der Waals surface area contributed by atoms with Crippen molar-refractivity contribution in [2.45, 2.75) is 37.8 Å². The third kappa shape index (κ3) is 3.08. The minimum Gasteiger partial charge on any atom is -0.391 e. The number of para-hydroxylation sites is 1. The van der Waals surface area contributed by atoms with E-state index in [4.69, 9.17) is 0 Å². The number of benzene rings is 1. The first-order chi connectivity index (χ1) is 9.09. The van der Waals surface area contributed by atoms with Crippen molar-refractivity contribution in [2.75, 3.05) is 0 Å². The predicted molar refractivity (Wildman–Crippen MR) is 68.8 cm³/mol. The van der Waals surface area contributed by atoms with Crippen LogP contribution in [-0.2, 0) is 0 Å². The Bertz CT molecular complexity index is 489. The van der Waals surface area contributed by atoms with Crippen LogP contribution < -0.4 is 5.32 Å². The van der Waals surface area contributed by atoms with E-state index in [1.807, 2.05) is 0 Å². The van der Waals surface area contributed by atoms with Crippen molar-refractivity contribution < 1.29 is 14.8 Å². The molecule has 2 rings (SSSR count). The molecule has 1 fully saturated rings. The maximum atomic E-state index is 12.1. The lowest BCUT2D eigenvalue weighted by Crippen LogP contribution is -2.45. The lowest BCUT2D eigenvalue weighted by Gasteiger charge is -2.28. The molecular weight excluding hydrogens is 248 g/mol. The van der Waals surface area contributed by atoms with Gasteiger partial charge in [0.2, 0.25) is 0 Å². The zero-order valence-corrected chi connectivity index (χ0v) is 10.4. The summed E-state index contributed by atoms with van der Waals surface area (Å²) < 4.78 is 0. The molecule has 1 aromatic rings. The topological polar surface area (TPSA) is 92.5 Å². The highest BCUT2D eigenvalue weighted by atomic mass is 16.6. The quantitative estimate of drug-likeness (QED) is 0.641. The minimum absolute atomic E-state index is 0.0327. The number of hydrogen-bond donors (Lipinski definition) is 2. The van der Waals surface area contributed by atoms with Crippen LogP contribution in [0.3, 0.4) is 0 Å². The van der Waals surface area contributed by atoms with Crippen molar-refractivity contribution in [3.63, 3.8) is 0 Å².